The summed E-state index contributed by atoms with van der Waals surface area (Å²) in [5.74, 6) is 0.105. The average molecular weight is 236 g/mol. The molecule has 86 valence electrons. The number of carbonyl (C=O) groups is 1. The second kappa shape index (κ2) is 4.29. The van der Waals surface area contributed by atoms with Crippen LogP contribution in [-0.2, 0) is 0 Å². The van der Waals surface area contributed by atoms with E-state index < -0.39 is 0 Å². The van der Waals surface area contributed by atoms with E-state index in [1.54, 1.807) is 6.07 Å². The lowest BCUT2D eigenvalue weighted by molar-refractivity contribution is 0.0774. The number of carbonyl (C=O) groups excluding carboxylic acids is 1. The Morgan fingerprint density at radius 3 is 2.75 bits per heavy atom. The van der Waals surface area contributed by atoms with Crippen LogP contribution in [0.1, 0.15) is 27.9 Å². The van der Waals surface area contributed by atoms with E-state index >= 15 is 0 Å². The van der Waals surface area contributed by atoms with Gasteiger partial charge < -0.3 is 10.6 Å². The van der Waals surface area contributed by atoms with Crippen molar-refractivity contribution >= 4 is 22.9 Å². The summed E-state index contributed by atoms with van der Waals surface area (Å²) in [6.45, 7) is 5.59. The van der Waals surface area contributed by atoms with Crippen molar-refractivity contribution in [2.45, 2.75) is 20.3 Å². The highest BCUT2D eigenvalue weighted by molar-refractivity contribution is 7.14. The highest BCUT2D eigenvalue weighted by atomic mass is 32.1. The number of thiophene rings is 1. The molecule has 2 heterocycles. The maximum absolute atomic E-state index is 12.1. The van der Waals surface area contributed by atoms with E-state index in [0.717, 1.165) is 35.0 Å². The Hall–Kier alpha value is -1.29. The van der Waals surface area contributed by atoms with Gasteiger partial charge in [0, 0.05) is 23.7 Å². The average Bonchev–Trinajstić information content (AvgIpc) is 2.59. The summed E-state index contributed by atoms with van der Waals surface area (Å²) < 4.78 is 0. The molecular formula is C12H16N2OS. The quantitative estimate of drug-likeness (QED) is 0.761. The van der Waals surface area contributed by atoms with Crippen LogP contribution >= 0.6 is 11.3 Å². The monoisotopic (exact) mass is 236 g/mol. The van der Waals surface area contributed by atoms with Gasteiger partial charge in [0.15, 0.2) is 0 Å². The number of hydrogen-bond donors (Lipinski definition) is 1. The Morgan fingerprint density at radius 1 is 1.50 bits per heavy atom. The van der Waals surface area contributed by atoms with Crippen molar-refractivity contribution in [2.75, 3.05) is 18.8 Å². The van der Waals surface area contributed by atoms with Gasteiger partial charge in [0.05, 0.1) is 4.88 Å². The molecule has 0 saturated heterocycles. The first-order valence-electron chi connectivity index (χ1n) is 5.38. The second-order valence-electron chi connectivity index (χ2n) is 4.17. The predicted octanol–water partition coefficient (Wildman–Crippen LogP) is 2.43. The fourth-order valence-electron chi connectivity index (χ4n) is 1.71. The first-order chi connectivity index (χ1) is 7.58. The third-order valence-electron chi connectivity index (χ3n) is 2.89. The number of rotatable bonds is 1. The van der Waals surface area contributed by atoms with Gasteiger partial charge in [0.2, 0.25) is 0 Å². The SMILES string of the molecule is CC1=CCN(C(=O)c2cc(N)c(C)s2)CC1. The number of hydrogen-bond acceptors (Lipinski definition) is 3. The lowest BCUT2D eigenvalue weighted by atomic mass is 10.1. The van der Waals surface area contributed by atoms with Gasteiger partial charge in [-0.2, -0.15) is 0 Å². The van der Waals surface area contributed by atoms with E-state index in [1.165, 1.54) is 16.9 Å². The summed E-state index contributed by atoms with van der Waals surface area (Å²) in [5.41, 5.74) is 7.84. The van der Waals surface area contributed by atoms with Crippen LogP contribution < -0.4 is 5.73 Å². The van der Waals surface area contributed by atoms with Crippen LogP contribution in [0.25, 0.3) is 0 Å². The van der Waals surface area contributed by atoms with Crippen LogP contribution in [0.15, 0.2) is 17.7 Å². The van der Waals surface area contributed by atoms with Crippen molar-refractivity contribution in [3.8, 4) is 0 Å². The molecule has 0 unspecified atom stereocenters. The van der Waals surface area contributed by atoms with Gasteiger partial charge in [-0.1, -0.05) is 11.6 Å². The minimum Gasteiger partial charge on any atom is -0.398 e. The molecule has 2 rings (SSSR count). The summed E-state index contributed by atoms with van der Waals surface area (Å²) in [5, 5.41) is 0. The number of aryl methyl sites for hydroxylation is 1. The van der Waals surface area contributed by atoms with Gasteiger partial charge in [-0.05, 0) is 26.3 Å². The number of nitrogens with two attached hydrogens (primary N) is 1. The Balaban J connectivity index is 2.14. The molecule has 1 aromatic heterocycles. The fraction of sp³-hybridized carbons (Fsp3) is 0.417. The molecule has 1 aromatic rings. The first-order valence-corrected chi connectivity index (χ1v) is 6.20. The van der Waals surface area contributed by atoms with Crippen LogP contribution in [0.4, 0.5) is 5.69 Å². The molecule has 1 amide bonds. The van der Waals surface area contributed by atoms with Crippen LogP contribution in [-0.4, -0.2) is 23.9 Å². The van der Waals surface area contributed by atoms with E-state index in [2.05, 4.69) is 13.0 Å². The molecule has 0 bridgehead atoms. The molecule has 3 nitrogen and oxygen atoms in total. The topological polar surface area (TPSA) is 46.3 Å². The summed E-state index contributed by atoms with van der Waals surface area (Å²) in [7, 11) is 0. The van der Waals surface area contributed by atoms with E-state index in [-0.39, 0.29) is 5.91 Å². The van der Waals surface area contributed by atoms with Crippen LogP contribution in [0, 0.1) is 6.92 Å². The van der Waals surface area contributed by atoms with E-state index in [4.69, 9.17) is 5.73 Å². The summed E-state index contributed by atoms with van der Waals surface area (Å²) in [6, 6.07) is 1.79. The molecule has 16 heavy (non-hydrogen) atoms. The maximum atomic E-state index is 12.1. The highest BCUT2D eigenvalue weighted by Crippen LogP contribution is 2.25. The molecule has 0 saturated carbocycles. The number of nitrogens with zero attached hydrogens (tertiary/aromatic N) is 1. The molecule has 1 aliphatic rings. The van der Waals surface area contributed by atoms with Gasteiger partial charge in [0.1, 0.15) is 0 Å². The van der Waals surface area contributed by atoms with Crippen LogP contribution in [0.2, 0.25) is 0 Å². The number of nitrogen functional groups attached to an aromatic ring is 1. The maximum Gasteiger partial charge on any atom is 0.264 e. The van der Waals surface area contributed by atoms with Crippen LogP contribution in [0.5, 0.6) is 0 Å². The molecular weight excluding hydrogens is 220 g/mol. The van der Waals surface area contributed by atoms with Crippen molar-refractivity contribution in [3.63, 3.8) is 0 Å². The second-order valence-corrected chi connectivity index (χ2v) is 5.43. The third kappa shape index (κ3) is 2.11. The molecule has 0 spiro atoms. The predicted molar refractivity (Wildman–Crippen MR) is 67.7 cm³/mol. The molecule has 0 aliphatic carbocycles. The normalized spacial score (nSPS) is 16.1. The Labute approximate surface area is 99.6 Å². The van der Waals surface area contributed by atoms with Crippen molar-refractivity contribution < 1.29 is 4.79 Å². The summed E-state index contributed by atoms with van der Waals surface area (Å²) >= 11 is 1.48. The zero-order chi connectivity index (χ0) is 11.7. The lowest BCUT2D eigenvalue weighted by Gasteiger charge is -2.24. The molecule has 4 heteroatoms. The molecule has 1 aliphatic heterocycles. The van der Waals surface area contributed by atoms with Gasteiger partial charge in [0.25, 0.3) is 5.91 Å². The molecule has 0 atom stereocenters. The summed E-state index contributed by atoms with van der Waals surface area (Å²) in [6.07, 6.45) is 3.09. The first kappa shape index (κ1) is 11.2. The highest BCUT2D eigenvalue weighted by Gasteiger charge is 2.19. The van der Waals surface area contributed by atoms with Gasteiger partial charge in [-0.25, -0.2) is 0 Å². The minimum absolute atomic E-state index is 0.105. The lowest BCUT2D eigenvalue weighted by Crippen LogP contribution is -2.34. The van der Waals surface area contributed by atoms with Crippen molar-refractivity contribution in [2.24, 2.45) is 0 Å². The fourth-order valence-corrected chi connectivity index (χ4v) is 2.62. The van der Waals surface area contributed by atoms with Gasteiger partial charge in [-0.15, -0.1) is 11.3 Å². The van der Waals surface area contributed by atoms with Crippen molar-refractivity contribution in [1.82, 2.24) is 4.90 Å². The van der Waals surface area contributed by atoms with Crippen LogP contribution in [0.3, 0.4) is 0 Å². The number of amides is 1. The zero-order valence-electron chi connectivity index (χ0n) is 9.62. The molecule has 2 N–H and O–H groups in total. The van der Waals surface area contributed by atoms with Gasteiger partial charge in [-0.3, -0.25) is 4.79 Å². The smallest absolute Gasteiger partial charge is 0.264 e. The Morgan fingerprint density at radius 2 is 2.25 bits per heavy atom. The van der Waals surface area contributed by atoms with E-state index in [1.807, 2.05) is 11.8 Å². The van der Waals surface area contributed by atoms with Crippen molar-refractivity contribution in [3.05, 3.63) is 27.5 Å². The minimum atomic E-state index is 0.105. The number of anilines is 1. The summed E-state index contributed by atoms with van der Waals surface area (Å²) in [4.78, 5) is 15.8. The molecule has 0 radical (unpaired) electrons. The molecule has 0 fully saturated rings. The standard InChI is InChI=1S/C12H16N2OS/c1-8-3-5-14(6-4-8)12(15)11-7-10(13)9(2)16-11/h3,7H,4-6,13H2,1-2H3. The largest absolute Gasteiger partial charge is 0.398 e. The Kier molecular flexibility index (Phi) is 3.01. The third-order valence-corrected chi connectivity index (χ3v) is 3.94. The van der Waals surface area contributed by atoms with Gasteiger partial charge >= 0.3 is 0 Å². The Bertz CT molecular complexity index is 428. The van der Waals surface area contributed by atoms with E-state index in [9.17, 15) is 4.79 Å². The molecule has 0 aromatic carbocycles. The van der Waals surface area contributed by atoms with Crippen molar-refractivity contribution in [1.29, 1.82) is 0 Å². The van der Waals surface area contributed by atoms with E-state index in [0.29, 0.717) is 0 Å². The zero-order valence-corrected chi connectivity index (χ0v) is 10.4.